The van der Waals surface area contributed by atoms with E-state index in [0.29, 0.717) is 17.9 Å². The molecule has 1 N–H and O–H groups in total. The molecule has 3 aliphatic heterocycles. The maximum absolute atomic E-state index is 12.4. The largest absolute Gasteiger partial charge is 0.469 e. The number of methoxy groups -OCH3 is 1. The third-order valence-corrected chi connectivity index (χ3v) is 6.27. The second-order valence-electron chi connectivity index (χ2n) is 7.37. The number of carbonyl (C=O) groups excluding carboxylic acids is 1. The summed E-state index contributed by atoms with van der Waals surface area (Å²) in [6.45, 7) is 2.20. The van der Waals surface area contributed by atoms with E-state index in [1.54, 1.807) is 0 Å². The lowest BCUT2D eigenvalue weighted by Crippen LogP contribution is -2.58. The van der Waals surface area contributed by atoms with E-state index in [-0.39, 0.29) is 11.9 Å². The van der Waals surface area contributed by atoms with Crippen molar-refractivity contribution >= 4 is 16.9 Å². The van der Waals surface area contributed by atoms with E-state index in [0.717, 1.165) is 25.9 Å². The minimum absolute atomic E-state index is 0.0160. The highest BCUT2D eigenvalue weighted by Gasteiger charge is 2.52. The van der Waals surface area contributed by atoms with Crippen LogP contribution in [-0.2, 0) is 16.0 Å². The molecule has 1 aliphatic carbocycles. The van der Waals surface area contributed by atoms with Gasteiger partial charge >= 0.3 is 5.97 Å². The quantitative estimate of drug-likeness (QED) is 0.824. The Balaban J connectivity index is 1.67. The number of carbonyl (C=O) groups is 1. The Morgan fingerprint density at radius 2 is 2.17 bits per heavy atom. The summed E-state index contributed by atoms with van der Waals surface area (Å²) >= 11 is 0. The molecular weight excluding hydrogens is 288 g/mol. The average molecular weight is 310 g/mol. The summed E-state index contributed by atoms with van der Waals surface area (Å²) in [6, 6.07) is 8.93. The van der Waals surface area contributed by atoms with Crippen molar-refractivity contribution in [2.75, 3.05) is 20.2 Å². The Labute approximate surface area is 135 Å². The van der Waals surface area contributed by atoms with Crippen molar-refractivity contribution in [3.05, 3.63) is 35.5 Å². The maximum Gasteiger partial charge on any atom is 0.310 e. The number of fused-ring (bicyclic) bond motifs is 4. The number of ether oxygens (including phenoxy) is 1. The zero-order valence-corrected chi connectivity index (χ0v) is 13.4. The molecule has 6 rings (SSSR count). The van der Waals surface area contributed by atoms with Crippen LogP contribution in [0.25, 0.3) is 10.9 Å². The van der Waals surface area contributed by atoms with E-state index in [9.17, 15) is 4.79 Å². The third kappa shape index (κ3) is 1.84. The normalized spacial score (nSPS) is 34.9. The monoisotopic (exact) mass is 310 g/mol. The molecule has 1 aromatic heterocycles. The van der Waals surface area contributed by atoms with Crippen molar-refractivity contribution in [3.8, 4) is 0 Å². The first-order valence-electron chi connectivity index (χ1n) is 8.67. The fraction of sp³-hybridized carbons (Fsp3) is 0.526. The van der Waals surface area contributed by atoms with Crippen molar-refractivity contribution in [3.63, 3.8) is 0 Å². The number of aromatic nitrogens is 1. The molecule has 3 fully saturated rings. The highest BCUT2D eigenvalue weighted by molar-refractivity contribution is 5.86. The van der Waals surface area contributed by atoms with E-state index in [4.69, 9.17) is 4.74 Å². The highest BCUT2D eigenvalue weighted by Crippen LogP contribution is 2.51. The first kappa shape index (κ1) is 13.6. The van der Waals surface area contributed by atoms with Crippen molar-refractivity contribution in [1.82, 2.24) is 9.88 Å². The van der Waals surface area contributed by atoms with Crippen LogP contribution in [0.3, 0.4) is 0 Å². The second-order valence-corrected chi connectivity index (χ2v) is 7.37. The zero-order valence-electron chi connectivity index (χ0n) is 13.4. The van der Waals surface area contributed by atoms with Gasteiger partial charge in [0.1, 0.15) is 0 Å². The van der Waals surface area contributed by atoms with Gasteiger partial charge in [-0.05, 0) is 30.4 Å². The second kappa shape index (κ2) is 4.84. The number of nitrogens with zero attached hydrogens (tertiary/aromatic N) is 1. The topological polar surface area (TPSA) is 45.3 Å². The number of hydrogen-bond acceptors (Lipinski definition) is 3. The summed E-state index contributed by atoms with van der Waals surface area (Å²) in [4.78, 5) is 18.6. The lowest BCUT2D eigenvalue weighted by atomic mass is 9.65. The molecule has 4 nitrogen and oxygen atoms in total. The van der Waals surface area contributed by atoms with Gasteiger partial charge in [-0.15, -0.1) is 0 Å². The summed E-state index contributed by atoms with van der Waals surface area (Å²) in [5.74, 6) is 1.10. The van der Waals surface area contributed by atoms with Crippen LogP contribution in [0.15, 0.2) is 24.3 Å². The number of benzene rings is 1. The van der Waals surface area contributed by atoms with Crippen molar-refractivity contribution in [1.29, 1.82) is 0 Å². The van der Waals surface area contributed by atoms with Gasteiger partial charge in [0.25, 0.3) is 0 Å². The average Bonchev–Trinajstić information content (AvgIpc) is 2.92. The number of nitrogens with one attached hydrogen (secondary N) is 1. The Bertz CT molecular complexity index is 781. The number of para-hydroxylation sites is 1. The van der Waals surface area contributed by atoms with Crippen molar-refractivity contribution in [2.24, 2.45) is 11.8 Å². The van der Waals surface area contributed by atoms with Crippen LogP contribution in [-0.4, -0.2) is 42.1 Å². The van der Waals surface area contributed by atoms with Crippen molar-refractivity contribution in [2.45, 2.75) is 31.2 Å². The Morgan fingerprint density at radius 3 is 3.04 bits per heavy atom. The molecule has 5 atom stereocenters. The molecule has 2 saturated heterocycles. The molecule has 120 valence electrons. The summed E-state index contributed by atoms with van der Waals surface area (Å²) in [5, 5.41) is 1.35. The first-order valence-corrected chi connectivity index (χ1v) is 8.67. The van der Waals surface area contributed by atoms with Gasteiger partial charge < -0.3 is 9.72 Å². The van der Waals surface area contributed by atoms with Crippen LogP contribution in [0.5, 0.6) is 0 Å². The van der Waals surface area contributed by atoms with E-state index in [1.165, 1.54) is 35.7 Å². The fourth-order valence-corrected chi connectivity index (χ4v) is 5.50. The smallest absolute Gasteiger partial charge is 0.310 e. The van der Waals surface area contributed by atoms with Crippen LogP contribution >= 0.6 is 0 Å². The molecule has 1 aromatic carbocycles. The van der Waals surface area contributed by atoms with Crippen LogP contribution in [0, 0.1) is 11.8 Å². The molecule has 0 radical (unpaired) electrons. The zero-order chi connectivity index (χ0) is 15.6. The Hall–Kier alpha value is -1.81. The third-order valence-electron chi connectivity index (χ3n) is 6.27. The van der Waals surface area contributed by atoms with Gasteiger partial charge in [0.2, 0.25) is 0 Å². The van der Waals surface area contributed by atoms with Gasteiger partial charge in [0, 0.05) is 48.1 Å². The summed E-state index contributed by atoms with van der Waals surface area (Å²) in [7, 11) is 1.53. The minimum Gasteiger partial charge on any atom is -0.469 e. The van der Waals surface area contributed by atoms with Crippen LogP contribution in [0.4, 0.5) is 0 Å². The Kier molecular flexibility index (Phi) is 2.87. The lowest BCUT2D eigenvalue weighted by Gasteiger charge is -2.52. The number of aromatic amines is 1. The number of hydrogen-bond donors (Lipinski definition) is 1. The lowest BCUT2D eigenvalue weighted by molar-refractivity contribution is -0.154. The maximum atomic E-state index is 12.4. The molecule has 4 heterocycles. The van der Waals surface area contributed by atoms with Gasteiger partial charge in [0.15, 0.2) is 0 Å². The minimum atomic E-state index is -0.0160. The van der Waals surface area contributed by atoms with Gasteiger partial charge in [0.05, 0.1) is 13.0 Å². The molecule has 0 spiro atoms. The van der Waals surface area contributed by atoms with Gasteiger partial charge in [-0.2, -0.15) is 0 Å². The fourth-order valence-electron chi connectivity index (χ4n) is 5.50. The highest BCUT2D eigenvalue weighted by atomic mass is 16.5. The predicted molar refractivity (Wildman–Crippen MR) is 88.3 cm³/mol. The first-order chi connectivity index (χ1) is 11.3. The SMILES string of the molecule is COC(=O)[C@H]1C[C@@H]2C[C@H]3c4c([nH]c5ccccc45)CCN(C2)[C@@H]13. The molecule has 2 aromatic rings. The van der Waals surface area contributed by atoms with E-state index < -0.39 is 0 Å². The van der Waals surface area contributed by atoms with Gasteiger partial charge in [-0.1, -0.05) is 18.2 Å². The summed E-state index contributed by atoms with van der Waals surface area (Å²) < 4.78 is 5.13. The van der Waals surface area contributed by atoms with E-state index in [1.807, 2.05) is 0 Å². The van der Waals surface area contributed by atoms with Crippen molar-refractivity contribution < 1.29 is 9.53 Å². The van der Waals surface area contributed by atoms with E-state index >= 15 is 0 Å². The number of esters is 1. The molecule has 1 saturated carbocycles. The Morgan fingerprint density at radius 1 is 1.30 bits per heavy atom. The predicted octanol–water partition coefficient (Wildman–Crippen LogP) is 2.69. The molecule has 4 aliphatic rings. The summed E-state index contributed by atoms with van der Waals surface area (Å²) in [6.07, 6.45) is 3.27. The molecule has 23 heavy (non-hydrogen) atoms. The molecule has 1 unspecified atom stereocenters. The number of H-pyrrole nitrogens is 1. The van der Waals surface area contributed by atoms with Crippen LogP contribution < -0.4 is 0 Å². The molecule has 4 heteroatoms. The standard InChI is InChI=1S/C19H22N2O2/c1-23-19(22)14-9-11-8-13-17-12-4-2-3-5-15(12)20-16(17)6-7-21(10-11)18(13)14/h2-5,11,13-14,18,20H,6-10H2,1H3/t11-,13-,14-,18+/m0/s1. The van der Waals surface area contributed by atoms with Crippen LogP contribution in [0.1, 0.15) is 30.0 Å². The van der Waals surface area contributed by atoms with Gasteiger partial charge in [-0.3, -0.25) is 9.69 Å². The van der Waals surface area contributed by atoms with E-state index in [2.05, 4.69) is 34.1 Å². The molecule has 0 amide bonds. The summed E-state index contributed by atoms with van der Waals surface area (Å²) in [5.41, 5.74) is 4.10. The molecular formula is C19H22N2O2. The number of piperidine rings is 2. The van der Waals surface area contributed by atoms with Crippen LogP contribution in [0.2, 0.25) is 0 Å². The number of rotatable bonds is 1. The molecule has 4 bridgehead atoms. The van der Waals surface area contributed by atoms with Gasteiger partial charge in [-0.25, -0.2) is 0 Å².